The first-order chi connectivity index (χ1) is 18.8. The van der Waals surface area contributed by atoms with Crippen LogP contribution in [0.2, 0.25) is 0 Å². The first-order valence-electron chi connectivity index (χ1n) is 12.4. The molecule has 0 unspecified atom stereocenters. The highest BCUT2D eigenvalue weighted by Crippen LogP contribution is 2.36. The molecule has 4 rings (SSSR count). The first-order valence-corrected chi connectivity index (χ1v) is 14.0. The summed E-state index contributed by atoms with van der Waals surface area (Å²) in [6, 6.07) is 10.2. The van der Waals surface area contributed by atoms with E-state index in [0.29, 0.717) is 56.6 Å². The topological polar surface area (TPSA) is 88.3 Å². The van der Waals surface area contributed by atoms with Crippen LogP contribution in [0.25, 0.3) is 6.08 Å². The van der Waals surface area contributed by atoms with Crippen LogP contribution in [0.5, 0.6) is 17.2 Å². The molecule has 0 radical (unpaired) electrons. The zero-order chi connectivity index (χ0) is 28.1. The van der Waals surface area contributed by atoms with Crippen molar-refractivity contribution in [1.82, 2.24) is 4.57 Å². The van der Waals surface area contributed by atoms with Crippen molar-refractivity contribution in [3.8, 4) is 17.2 Å². The molecule has 0 N–H and O–H groups in total. The number of thiazole rings is 1. The van der Waals surface area contributed by atoms with Crippen LogP contribution >= 0.6 is 27.3 Å². The summed E-state index contributed by atoms with van der Waals surface area (Å²) in [5.41, 5.74) is 2.01. The molecule has 1 aromatic heterocycles. The maximum absolute atomic E-state index is 13.9. The Bertz CT molecular complexity index is 1620. The van der Waals surface area contributed by atoms with Gasteiger partial charge in [0.1, 0.15) is 12.4 Å². The molecule has 204 valence electrons. The average Bonchev–Trinajstić information content (AvgIpc) is 3.21. The van der Waals surface area contributed by atoms with E-state index in [4.69, 9.17) is 18.9 Å². The lowest BCUT2D eigenvalue weighted by Gasteiger charge is -2.25. The van der Waals surface area contributed by atoms with Crippen LogP contribution in [-0.4, -0.2) is 37.5 Å². The minimum absolute atomic E-state index is 0.195. The quantitative estimate of drug-likeness (QED) is 0.247. The number of aromatic nitrogens is 1. The van der Waals surface area contributed by atoms with Gasteiger partial charge in [-0.05, 0) is 78.2 Å². The number of fused-ring (bicyclic) bond motifs is 1. The number of hydrogen-bond acceptors (Lipinski definition) is 8. The average molecular weight is 614 g/mol. The molecule has 0 saturated carbocycles. The molecule has 39 heavy (non-hydrogen) atoms. The number of rotatable bonds is 10. The van der Waals surface area contributed by atoms with Gasteiger partial charge >= 0.3 is 5.97 Å². The van der Waals surface area contributed by atoms with E-state index in [1.165, 1.54) is 11.3 Å². The van der Waals surface area contributed by atoms with E-state index < -0.39 is 12.0 Å². The Balaban J connectivity index is 1.89. The summed E-state index contributed by atoms with van der Waals surface area (Å²) >= 11 is 4.78. The molecule has 0 amide bonds. The molecule has 10 heteroatoms. The van der Waals surface area contributed by atoms with Gasteiger partial charge in [0.15, 0.2) is 16.3 Å². The first kappa shape index (κ1) is 28.4. The Labute approximate surface area is 238 Å². The molecule has 1 aliphatic heterocycles. The van der Waals surface area contributed by atoms with Crippen LogP contribution in [0.4, 0.5) is 0 Å². The number of esters is 1. The van der Waals surface area contributed by atoms with Crippen LogP contribution in [0, 0.1) is 0 Å². The molecule has 0 bridgehead atoms. The van der Waals surface area contributed by atoms with Gasteiger partial charge in [-0.15, -0.1) is 0 Å². The standard InChI is InChI=1S/C29H29BrN2O6S/c1-6-13-38-21-11-9-18(14-20(21)30)15-24-27(33)32-26(19-10-12-22(35-5)23(16-19)36-7-2)25(28(34)37-8-3)17(4)31-29(32)39-24/h6,9-12,14-16,26H,1,7-8,13H2,2-5H3/b24-15-/t26-/m1/s1. The summed E-state index contributed by atoms with van der Waals surface area (Å²) in [4.78, 5) is 32.1. The van der Waals surface area contributed by atoms with Gasteiger partial charge in [0.25, 0.3) is 5.56 Å². The van der Waals surface area contributed by atoms with Gasteiger partial charge in [-0.3, -0.25) is 9.36 Å². The second kappa shape index (κ2) is 12.5. The fourth-order valence-corrected chi connectivity index (χ4v) is 5.82. The molecule has 1 atom stereocenters. The maximum Gasteiger partial charge on any atom is 0.338 e. The lowest BCUT2D eigenvalue weighted by molar-refractivity contribution is -0.139. The van der Waals surface area contributed by atoms with Crippen molar-refractivity contribution in [2.75, 3.05) is 26.9 Å². The Hall–Kier alpha value is -3.63. The molecule has 0 aliphatic carbocycles. The maximum atomic E-state index is 13.9. The number of ether oxygens (including phenoxy) is 4. The highest BCUT2D eigenvalue weighted by Gasteiger charge is 2.34. The molecule has 0 saturated heterocycles. The fraction of sp³-hybridized carbons (Fsp3) is 0.276. The molecule has 8 nitrogen and oxygen atoms in total. The Morgan fingerprint density at radius 3 is 2.56 bits per heavy atom. The third-order valence-corrected chi connectivity index (χ3v) is 7.53. The van der Waals surface area contributed by atoms with Crippen LogP contribution in [0.1, 0.15) is 37.9 Å². The van der Waals surface area contributed by atoms with Crippen LogP contribution in [-0.2, 0) is 9.53 Å². The highest BCUT2D eigenvalue weighted by atomic mass is 79.9. The van der Waals surface area contributed by atoms with Crippen LogP contribution < -0.4 is 29.1 Å². The number of carbonyl (C=O) groups excluding carboxylic acids is 1. The molecule has 0 fully saturated rings. The summed E-state index contributed by atoms with van der Waals surface area (Å²) in [7, 11) is 1.56. The summed E-state index contributed by atoms with van der Waals surface area (Å²) in [6.45, 7) is 10.0. The zero-order valence-corrected chi connectivity index (χ0v) is 24.6. The van der Waals surface area contributed by atoms with Crippen molar-refractivity contribution >= 4 is 39.3 Å². The Kier molecular flexibility index (Phi) is 9.08. The van der Waals surface area contributed by atoms with Gasteiger partial charge < -0.3 is 18.9 Å². The molecular formula is C29H29BrN2O6S. The SMILES string of the molecule is C=CCOc1ccc(/C=c2\sc3n(c2=O)[C@H](c2ccc(OC)c(OCC)c2)C(C(=O)OCC)=C(C)N=3)cc1Br. The van der Waals surface area contributed by atoms with Crippen molar-refractivity contribution in [2.45, 2.75) is 26.8 Å². The molecule has 0 spiro atoms. The number of allylic oxidation sites excluding steroid dienone is 1. The third-order valence-electron chi connectivity index (χ3n) is 5.93. The van der Waals surface area contributed by atoms with Crippen molar-refractivity contribution < 1.29 is 23.7 Å². The minimum Gasteiger partial charge on any atom is -0.493 e. The van der Waals surface area contributed by atoms with Gasteiger partial charge in [-0.25, -0.2) is 9.79 Å². The van der Waals surface area contributed by atoms with Gasteiger partial charge in [-0.2, -0.15) is 0 Å². The fourth-order valence-electron chi connectivity index (χ4n) is 4.26. The summed E-state index contributed by atoms with van der Waals surface area (Å²) in [5, 5.41) is 0. The zero-order valence-electron chi connectivity index (χ0n) is 22.2. The summed E-state index contributed by atoms with van der Waals surface area (Å²) in [6.07, 6.45) is 3.47. The third kappa shape index (κ3) is 5.86. The Morgan fingerprint density at radius 1 is 1.13 bits per heavy atom. The van der Waals surface area contributed by atoms with E-state index >= 15 is 0 Å². The van der Waals surface area contributed by atoms with E-state index in [0.717, 1.165) is 10.0 Å². The molecular weight excluding hydrogens is 584 g/mol. The van der Waals surface area contributed by atoms with Crippen LogP contribution in [0.3, 0.4) is 0 Å². The van der Waals surface area contributed by atoms with E-state index in [-0.39, 0.29) is 12.2 Å². The lowest BCUT2D eigenvalue weighted by Crippen LogP contribution is -2.40. The molecule has 2 heterocycles. The molecule has 1 aliphatic rings. The van der Waals surface area contributed by atoms with E-state index in [9.17, 15) is 9.59 Å². The number of nitrogens with zero attached hydrogens (tertiary/aromatic N) is 2. The Morgan fingerprint density at radius 2 is 1.90 bits per heavy atom. The van der Waals surface area contributed by atoms with Gasteiger partial charge in [0.05, 0.1) is 46.6 Å². The van der Waals surface area contributed by atoms with E-state index in [2.05, 4.69) is 27.5 Å². The smallest absolute Gasteiger partial charge is 0.338 e. The monoisotopic (exact) mass is 612 g/mol. The van der Waals surface area contributed by atoms with Crippen LogP contribution in [0.15, 0.2) is 74.6 Å². The summed E-state index contributed by atoms with van der Waals surface area (Å²) in [5.74, 6) is 1.22. The lowest BCUT2D eigenvalue weighted by atomic mass is 9.95. The summed E-state index contributed by atoms with van der Waals surface area (Å²) < 4.78 is 25.0. The number of methoxy groups -OCH3 is 1. The van der Waals surface area contributed by atoms with Gasteiger partial charge in [0, 0.05) is 0 Å². The van der Waals surface area contributed by atoms with E-state index in [1.54, 1.807) is 49.8 Å². The van der Waals surface area contributed by atoms with Gasteiger partial charge in [0.2, 0.25) is 0 Å². The minimum atomic E-state index is -0.756. The largest absolute Gasteiger partial charge is 0.493 e. The number of carbonyl (C=O) groups is 1. The van der Waals surface area contributed by atoms with Crippen molar-refractivity contribution in [1.29, 1.82) is 0 Å². The molecule has 3 aromatic rings. The van der Waals surface area contributed by atoms with Crippen molar-refractivity contribution in [2.24, 2.45) is 4.99 Å². The highest BCUT2D eigenvalue weighted by molar-refractivity contribution is 9.10. The van der Waals surface area contributed by atoms with Crippen molar-refractivity contribution in [3.63, 3.8) is 0 Å². The normalized spacial score (nSPS) is 14.9. The predicted molar refractivity (Wildman–Crippen MR) is 154 cm³/mol. The number of hydrogen-bond donors (Lipinski definition) is 0. The predicted octanol–water partition coefficient (Wildman–Crippen LogP) is 4.53. The number of benzene rings is 2. The number of halogens is 1. The molecule has 2 aromatic carbocycles. The van der Waals surface area contributed by atoms with Gasteiger partial charge in [-0.1, -0.05) is 36.1 Å². The second-order valence-corrected chi connectivity index (χ2v) is 10.3. The van der Waals surface area contributed by atoms with E-state index in [1.807, 2.05) is 31.2 Å². The van der Waals surface area contributed by atoms with Crippen molar-refractivity contribution in [3.05, 3.63) is 95.6 Å². The second-order valence-electron chi connectivity index (χ2n) is 8.44.